The van der Waals surface area contributed by atoms with E-state index in [1.807, 2.05) is 0 Å². The molecule has 0 N–H and O–H groups in total. The van der Waals surface area contributed by atoms with Crippen molar-refractivity contribution in [3.63, 3.8) is 0 Å². The minimum Gasteiger partial charge on any atom is -0.341 e. The van der Waals surface area contributed by atoms with Gasteiger partial charge in [0.05, 0.1) is 13.1 Å². The highest BCUT2D eigenvalue weighted by molar-refractivity contribution is 5.27. The van der Waals surface area contributed by atoms with Crippen molar-refractivity contribution < 1.29 is 0 Å². The van der Waals surface area contributed by atoms with Gasteiger partial charge in [-0.05, 0) is 37.1 Å². The van der Waals surface area contributed by atoms with Crippen LogP contribution in [-0.2, 0) is 25.9 Å². The fourth-order valence-corrected chi connectivity index (χ4v) is 2.74. The number of nitrogens with zero attached hydrogens (tertiary/aromatic N) is 2. The highest BCUT2D eigenvalue weighted by atomic mass is 15.1. The number of aromatic nitrogens is 2. The summed E-state index contributed by atoms with van der Waals surface area (Å²) in [4.78, 5) is 0. The summed E-state index contributed by atoms with van der Waals surface area (Å²) in [6.45, 7) is 6.55. The normalized spacial score (nSPS) is 13.6. The van der Waals surface area contributed by atoms with Crippen LogP contribution in [0.2, 0.25) is 0 Å². The first-order valence-electron chi connectivity index (χ1n) is 6.18. The SMILES string of the molecule is CCc1ccc2n1Cc1ccc(CC)n1C2. The Hall–Kier alpha value is -1.44. The van der Waals surface area contributed by atoms with Crippen LogP contribution in [0.25, 0.3) is 0 Å². The Bertz CT molecular complexity index is 469. The van der Waals surface area contributed by atoms with Crippen molar-refractivity contribution >= 4 is 0 Å². The zero-order valence-corrected chi connectivity index (χ0v) is 10.0. The van der Waals surface area contributed by atoms with Crippen LogP contribution in [0.3, 0.4) is 0 Å². The molecular weight excluding hydrogens is 196 g/mol. The topological polar surface area (TPSA) is 9.86 Å². The smallest absolute Gasteiger partial charge is 0.0628 e. The van der Waals surface area contributed by atoms with Crippen molar-refractivity contribution in [1.29, 1.82) is 0 Å². The Balaban J connectivity index is 2.05. The zero-order valence-electron chi connectivity index (χ0n) is 10.0. The number of rotatable bonds is 2. The molecule has 0 saturated heterocycles. The van der Waals surface area contributed by atoms with E-state index in [1.165, 1.54) is 22.8 Å². The number of hydrogen-bond acceptors (Lipinski definition) is 0. The molecule has 1 aliphatic heterocycles. The van der Waals surface area contributed by atoms with E-state index in [0.29, 0.717) is 0 Å². The van der Waals surface area contributed by atoms with Gasteiger partial charge < -0.3 is 9.13 Å². The number of hydrogen-bond donors (Lipinski definition) is 0. The third-order valence-corrected chi connectivity index (χ3v) is 3.69. The van der Waals surface area contributed by atoms with Gasteiger partial charge in [-0.1, -0.05) is 13.8 Å². The van der Waals surface area contributed by atoms with Gasteiger partial charge in [0.25, 0.3) is 0 Å². The first-order chi connectivity index (χ1) is 7.83. The quantitative estimate of drug-likeness (QED) is 0.621. The first kappa shape index (κ1) is 9.76. The van der Waals surface area contributed by atoms with Crippen LogP contribution in [0.4, 0.5) is 0 Å². The lowest BCUT2D eigenvalue weighted by atomic mass is 10.3. The van der Waals surface area contributed by atoms with E-state index in [1.54, 1.807) is 0 Å². The number of fused-ring (bicyclic) bond motifs is 2. The standard InChI is InChI=1S/C14H18N2/c1-3-11-5-7-13-10-16-12(4-2)6-8-14(16)9-15(11)13/h5-8H,3-4,9-10H2,1-2H3. The van der Waals surface area contributed by atoms with Crippen LogP contribution in [-0.4, -0.2) is 9.13 Å². The Kier molecular flexibility index (Phi) is 2.16. The molecule has 16 heavy (non-hydrogen) atoms. The summed E-state index contributed by atoms with van der Waals surface area (Å²) in [6.07, 6.45) is 2.25. The molecule has 2 aromatic heterocycles. The summed E-state index contributed by atoms with van der Waals surface area (Å²) in [5.41, 5.74) is 5.83. The van der Waals surface area contributed by atoms with Crippen LogP contribution < -0.4 is 0 Å². The molecule has 2 aromatic rings. The monoisotopic (exact) mass is 214 g/mol. The highest BCUT2D eigenvalue weighted by Crippen LogP contribution is 2.23. The van der Waals surface area contributed by atoms with Crippen molar-refractivity contribution in [2.24, 2.45) is 0 Å². The molecule has 0 fully saturated rings. The maximum Gasteiger partial charge on any atom is 0.0628 e. The first-order valence-corrected chi connectivity index (χ1v) is 6.18. The molecule has 2 nitrogen and oxygen atoms in total. The molecule has 84 valence electrons. The summed E-state index contributed by atoms with van der Waals surface area (Å²) in [5, 5.41) is 0. The molecule has 0 aliphatic carbocycles. The summed E-state index contributed by atoms with van der Waals surface area (Å²) >= 11 is 0. The Morgan fingerprint density at radius 3 is 1.62 bits per heavy atom. The molecule has 0 bridgehead atoms. The van der Waals surface area contributed by atoms with Gasteiger partial charge in [-0.2, -0.15) is 0 Å². The van der Waals surface area contributed by atoms with E-state index >= 15 is 0 Å². The van der Waals surface area contributed by atoms with Crippen LogP contribution in [0, 0.1) is 0 Å². The Morgan fingerprint density at radius 1 is 0.812 bits per heavy atom. The second-order valence-electron chi connectivity index (χ2n) is 4.51. The molecule has 0 radical (unpaired) electrons. The minimum atomic E-state index is 1.05. The van der Waals surface area contributed by atoms with Gasteiger partial charge >= 0.3 is 0 Å². The molecule has 0 unspecified atom stereocenters. The summed E-state index contributed by atoms with van der Waals surface area (Å²) in [7, 11) is 0. The van der Waals surface area contributed by atoms with Crippen molar-refractivity contribution in [1.82, 2.24) is 9.13 Å². The molecule has 3 rings (SSSR count). The summed E-state index contributed by atoms with van der Waals surface area (Å²) in [5.74, 6) is 0. The van der Waals surface area contributed by atoms with Gasteiger partial charge in [0.1, 0.15) is 0 Å². The van der Waals surface area contributed by atoms with Gasteiger partial charge in [-0.3, -0.25) is 0 Å². The van der Waals surface area contributed by atoms with Crippen LogP contribution in [0.5, 0.6) is 0 Å². The van der Waals surface area contributed by atoms with E-state index in [4.69, 9.17) is 0 Å². The predicted molar refractivity (Wildman–Crippen MR) is 65.8 cm³/mol. The maximum atomic E-state index is 2.47. The second kappa shape index (κ2) is 3.55. The fraction of sp³-hybridized carbons (Fsp3) is 0.429. The molecular formula is C14H18N2. The fourth-order valence-electron chi connectivity index (χ4n) is 2.74. The zero-order chi connectivity index (χ0) is 11.1. The summed E-state index contributed by atoms with van der Waals surface area (Å²) in [6, 6.07) is 9.10. The molecule has 3 heterocycles. The van der Waals surface area contributed by atoms with E-state index in [2.05, 4.69) is 47.2 Å². The van der Waals surface area contributed by atoms with Crippen LogP contribution in [0.1, 0.15) is 36.6 Å². The van der Waals surface area contributed by atoms with Gasteiger partial charge in [0, 0.05) is 22.8 Å². The molecule has 0 atom stereocenters. The molecule has 0 amide bonds. The Morgan fingerprint density at radius 2 is 1.25 bits per heavy atom. The third kappa shape index (κ3) is 1.26. The summed E-state index contributed by atoms with van der Waals surface area (Å²) < 4.78 is 4.93. The predicted octanol–water partition coefficient (Wildman–Crippen LogP) is 2.82. The molecule has 2 heteroatoms. The van der Waals surface area contributed by atoms with E-state index in [-0.39, 0.29) is 0 Å². The van der Waals surface area contributed by atoms with Crippen molar-refractivity contribution in [2.75, 3.05) is 0 Å². The van der Waals surface area contributed by atoms with E-state index in [9.17, 15) is 0 Å². The lowest BCUT2D eigenvalue weighted by molar-refractivity contribution is 0.562. The average Bonchev–Trinajstić information content (AvgIpc) is 2.88. The third-order valence-electron chi connectivity index (χ3n) is 3.69. The van der Waals surface area contributed by atoms with Gasteiger partial charge in [0.2, 0.25) is 0 Å². The van der Waals surface area contributed by atoms with Crippen molar-refractivity contribution in [3.8, 4) is 0 Å². The van der Waals surface area contributed by atoms with Crippen LogP contribution in [0.15, 0.2) is 24.3 Å². The second-order valence-corrected chi connectivity index (χ2v) is 4.51. The Labute approximate surface area is 96.5 Å². The lowest BCUT2D eigenvalue weighted by Crippen LogP contribution is -2.21. The van der Waals surface area contributed by atoms with E-state index in [0.717, 1.165) is 25.9 Å². The molecule has 0 saturated carbocycles. The molecule has 0 aromatic carbocycles. The van der Waals surface area contributed by atoms with Crippen molar-refractivity contribution in [3.05, 3.63) is 47.0 Å². The van der Waals surface area contributed by atoms with Gasteiger partial charge in [0.15, 0.2) is 0 Å². The average molecular weight is 214 g/mol. The highest BCUT2D eigenvalue weighted by Gasteiger charge is 2.17. The van der Waals surface area contributed by atoms with Crippen molar-refractivity contribution in [2.45, 2.75) is 39.8 Å². The van der Waals surface area contributed by atoms with Crippen LogP contribution >= 0.6 is 0 Å². The lowest BCUT2D eigenvalue weighted by Gasteiger charge is -2.22. The van der Waals surface area contributed by atoms with Gasteiger partial charge in [-0.15, -0.1) is 0 Å². The largest absolute Gasteiger partial charge is 0.341 e. The van der Waals surface area contributed by atoms with Gasteiger partial charge in [-0.25, -0.2) is 0 Å². The maximum absolute atomic E-state index is 2.47. The molecule has 1 aliphatic rings. The number of aryl methyl sites for hydroxylation is 2. The van der Waals surface area contributed by atoms with E-state index < -0.39 is 0 Å². The minimum absolute atomic E-state index is 1.05. The molecule has 0 spiro atoms.